The molecule has 21 heavy (non-hydrogen) atoms. The Hall–Kier alpha value is -1.52. The van der Waals surface area contributed by atoms with Crippen LogP contribution in [0.1, 0.15) is 18.4 Å². The molecular weight excluding hydrogens is 264 g/mol. The minimum atomic E-state index is 0.492. The van der Waals surface area contributed by atoms with Crippen LogP contribution in [0.2, 0.25) is 0 Å². The first-order valence-corrected chi connectivity index (χ1v) is 7.57. The Bertz CT molecular complexity index is 462. The maximum Gasteiger partial charge on any atom is 0.161 e. The van der Waals surface area contributed by atoms with E-state index in [1.54, 1.807) is 13.2 Å². The first kappa shape index (κ1) is 15.9. The summed E-state index contributed by atoms with van der Waals surface area (Å²) in [7, 11) is 3.72. The standard InChI is InChI=1S/C17H26N2O2/c1-4-10-21-16-8-7-14(11-17(16)20-3)12-19-9-5-6-15(13-19)18-2/h4,7-8,11,15,18H,1,5-6,9-10,12-13H2,2-3H3. The van der Waals surface area contributed by atoms with Crippen molar-refractivity contribution in [3.05, 3.63) is 36.4 Å². The number of rotatable bonds is 7. The fourth-order valence-corrected chi connectivity index (χ4v) is 2.77. The zero-order valence-electron chi connectivity index (χ0n) is 13.1. The normalized spacial score (nSPS) is 19.2. The lowest BCUT2D eigenvalue weighted by Crippen LogP contribution is -2.43. The third kappa shape index (κ3) is 4.48. The van der Waals surface area contributed by atoms with Crippen LogP contribution in [0.15, 0.2) is 30.9 Å². The van der Waals surface area contributed by atoms with Gasteiger partial charge in [-0.1, -0.05) is 18.7 Å². The van der Waals surface area contributed by atoms with Crippen molar-refractivity contribution in [3.63, 3.8) is 0 Å². The molecule has 4 nitrogen and oxygen atoms in total. The molecule has 0 saturated carbocycles. The van der Waals surface area contributed by atoms with E-state index in [1.165, 1.54) is 18.4 Å². The molecule has 0 amide bonds. The Balaban J connectivity index is 2.01. The fourth-order valence-electron chi connectivity index (χ4n) is 2.77. The first-order chi connectivity index (χ1) is 10.3. The van der Waals surface area contributed by atoms with E-state index in [4.69, 9.17) is 9.47 Å². The van der Waals surface area contributed by atoms with Crippen molar-refractivity contribution in [1.82, 2.24) is 10.2 Å². The predicted octanol–water partition coefficient (Wildman–Crippen LogP) is 2.44. The highest BCUT2D eigenvalue weighted by Crippen LogP contribution is 2.29. The molecular formula is C17H26N2O2. The Morgan fingerprint density at radius 3 is 3.00 bits per heavy atom. The van der Waals surface area contributed by atoms with E-state index in [-0.39, 0.29) is 0 Å². The molecule has 0 aliphatic carbocycles. The third-order valence-electron chi connectivity index (χ3n) is 3.90. The second kappa shape index (κ2) is 8.05. The molecule has 0 aromatic heterocycles. The van der Waals surface area contributed by atoms with Gasteiger partial charge in [0, 0.05) is 19.1 Å². The van der Waals surface area contributed by atoms with Gasteiger partial charge < -0.3 is 14.8 Å². The molecule has 0 bridgehead atoms. The van der Waals surface area contributed by atoms with Crippen LogP contribution in [-0.4, -0.2) is 44.8 Å². The molecule has 116 valence electrons. The molecule has 1 aliphatic rings. The molecule has 1 heterocycles. The summed E-state index contributed by atoms with van der Waals surface area (Å²) in [6.07, 6.45) is 4.26. The van der Waals surface area contributed by atoms with Gasteiger partial charge in [0.15, 0.2) is 11.5 Å². The van der Waals surface area contributed by atoms with E-state index in [9.17, 15) is 0 Å². The number of likely N-dealkylation sites (N-methyl/N-ethyl adjacent to an activating group) is 1. The van der Waals surface area contributed by atoms with Crippen molar-refractivity contribution in [2.75, 3.05) is 33.9 Å². The summed E-state index contributed by atoms with van der Waals surface area (Å²) in [5, 5.41) is 3.38. The molecule has 1 fully saturated rings. The van der Waals surface area contributed by atoms with Crippen molar-refractivity contribution < 1.29 is 9.47 Å². The zero-order chi connectivity index (χ0) is 15.1. The molecule has 1 N–H and O–H groups in total. The Morgan fingerprint density at radius 2 is 2.29 bits per heavy atom. The van der Waals surface area contributed by atoms with Gasteiger partial charge in [-0.3, -0.25) is 4.90 Å². The second-order valence-electron chi connectivity index (χ2n) is 5.45. The third-order valence-corrected chi connectivity index (χ3v) is 3.90. The van der Waals surface area contributed by atoms with E-state index in [0.29, 0.717) is 12.6 Å². The highest BCUT2D eigenvalue weighted by atomic mass is 16.5. The number of methoxy groups -OCH3 is 1. The smallest absolute Gasteiger partial charge is 0.161 e. The van der Waals surface area contributed by atoms with Crippen molar-refractivity contribution >= 4 is 0 Å². The average molecular weight is 290 g/mol. The largest absolute Gasteiger partial charge is 0.493 e. The molecule has 1 aliphatic heterocycles. The molecule has 4 heteroatoms. The van der Waals surface area contributed by atoms with Gasteiger partial charge in [-0.2, -0.15) is 0 Å². The predicted molar refractivity (Wildman–Crippen MR) is 86.0 cm³/mol. The van der Waals surface area contributed by atoms with E-state index in [1.807, 2.05) is 13.1 Å². The van der Waals surface area contributed by atoms with Crippen LogP contribution in [0.3, 0.4) is 0 Å². The van der Waals surface area contributed by atoms with Crippen LogP contribution >= 0.6 is 0 Å². The zero-order valence-corrected chi connectivity index (χ0v) is 13.1. The molecule has 1 saturated heterocycles. The minimum absolute atomic E-state index is 0.492. The molecule has 0 spiro atoms. The SMILES string of the molecule is C=CCOc1ccc(CN2CCCC(NC)C2)cc1OC. The van der Waals surface area contributed by atoms with E-state index >= 15 is 0 Å². The van der Waals surface area contributed by atoms with Gasteiger partial charge in [0.05, 0.1) is 7.11 Å². The second-order valence-corrected chi connectivity index (χ2v) is 5.45. The summed E-state index contributed by atoms with van der Waals surface area (Å²) in [6, 6.07) is 6.78. The van der Waals surface area contributed by atoms with Crippen molar-refractivity contribution in [2.45, 2.75) is 25.4 Å². The molecule has 1 aromatic carbocycles. The van der Waals surface area contributed by atoms with Gasteiger partial charge in [0.25, 0.3) is 0 Å². The van der Waals surface area contributed by atoms with Crippen LogP contribution in [0.5, 0.6) is 11.5 Å². The summed E-state index contributed by atoms with van der Waals surface area (Å²) in [6.45, 7) is 7.38. The summed E-state index contributed by atoms with van der Waals surface area (Å²) in [5.41, 5.74) is 1.26. The number of hydrogen-bond acceptors (Lipinski definition) is 4. The maximum absolute atomic E-state index is 5.59. The van der Waals surface area contributed by atoms with Gasteiger partial charge >= 0.3 is 0 Å². The molecule has 1 unspecified atom stereocenters. The topological polar surface area (TPSA) is 33.7 Å². The summed E-state index contributed by atoms with van der Waals surface area (Å²) in [4.78, 5) is 2.49. The number of hydrogen-bond donors (Lipinski definition) is 1. The number of nitrogens with zero attached hydrogens (tertiary/aromatic N) is 1. The van der Waals surface area contributed by atoms with Crippen LogP contribution < -0.4 is 14.8 Å². The molecule has 2 rings (SSSR count). The van der Waals surface area contributed by atoms with E-state index < -0.39 is 0 Å². The Morgan fingerprint density at radius 1 is 1.43 bits per heavy atom. The summed E-state index contributed by atoms with van der Waals surface area (Å²) in [5.74, 6) is 1.56. The number of nitrogens with one attached hydrogen (secondary N) is 1. The fraction of sp³-hybridized carbons (Fsp3) is 0.529. The van der Waals surface area contributed by atoms with E-state index in [0.717, 1.165) is 31.1 Å². The molecule has 0 radical (unpaired) electrons. The lowest BCUT2D eigenvalue weighted by atomic mass is 10.0. The molecule has 1 aromatic rings. The van der Waals surface area contributed by atoms with Gasteiger partial charge in [0.1, 0.15) is 6.61 Å². The van der Waals surface area contributed by atoms with Crippen molar-refractivity contribution in [1.29, 1.82) is 0 Å². The van der Waals surface area contributed by atoms with Crippen LogP contribution in [0.25, 0.3) is 0 Å². The number of piperidine rings is 1. The van der Waals surface area contributed by atoms with Crippen LogP contribution in [0.4, 0.5) is 0 Å². The summed E-state index contributed by atoms with van der Waals surface area (Å²) >= 11 is 0. The average Bonchev–Trinajstić information content (AvgIpc) is 2.53. The van der Waals surface area contributed by atoms with Crippen molar-refractivity contribution in [2.24, 2.45) is 0 Å². The highest BCUT2D eigenvalue weighted by molar-refractivity contribution is 5.43. The van der Waals surface area contributed by atoms with Gasteiger partial charge in [-0.15, -0.1) is 0 Å². The first-order valence-electron chi connectivity index (χ1n) is 7.57. The Kier molecular flexibility index (Phi) is 6.08. The number of benzene rings is 1. The van der Waals surface area contributed by atoms with Crippen LogP contribution in [-0.2, 0) is 6.54 Å². The van der Waals surface area contributed by atoms with E-state index in [2.05, 4.69) is 28.9 Å². The number of ether oxygens (including phenoxy) is 2. The highest BCUT2D eigenvalue weighted by Gasteiger charge is 2.18. The number of likely N-dealkylation sites (tertiary alicyclic amines) is 1. The maximum atomic E-state index is 5.59. The Labute approximate surface area is 127 Å². The summed E-state index contributed by atoms with van der Waals surface area (Å²) < 4.78 is 11.0. The van der Waals surface area contributed by atoms with Crippen LogP contribution in [0, 0.1) is 0 Å². The minimum Gasteiger partial charge on any atom is -0.493 e. The van der Waals surface area contributed by atoms with Crippen molar-refractivity contribution in [3.8, 4) is 11.5 Å². The van der Waals surface area contributed by atoms with Gasteiger partial charge in [0.2, 0.25) is 0 Å². The van der Waals surface area contributed by atoms with Gasteiger partial charge in [-0.25, -0.2) is 0 Å². The van der Waals surface area contributed by atoms with Gasteiger partial charge in [-0.05, 0) is 44.1 Å². The molecule has 1 atom stereocenters. The lowest BCUT2D eigenvalue weighted by Gasteiger charge is -2.32. The monoisotopic (exact) mass is 290 g/mol. The quantitative estimate of drug-likeness (QED) is 0.782. The lowest BCUT2D eigenvalue weighted by molar-refractivity contribution is 0.187.